The average molecular weight is 441 g/mol. The van der Waals surface area contributed by atoms with Crippen LogP contribution < -0.4 is 15.4 Å². The van der Waals surface area contributed by atoms with Gasteiger partial charge in [-0.3, -0.25) is 4.98 Å². The number of anilines is 2. The maximum Gasteiger partial charge on any atom is 0.416 e. The van der Waals surface area contributed by atoms with E-state index in [4.69, 9.17) is 4.74 Å². The van der Waals surface area contributed by atoms with Crippen molar-refractivity contribution in [1.82, 2.24) is 4.98 Å². The van der Waals surface area contributed by atoms with Crippen LogP contribution in [-0.4, -0.2) is 11.0 Å². The molecule has 0 unspecified atom stereocenters. The Morgan fingerprint density at radius 2 is 1.19 bits per heavy atom. The van der Waals surface area contributed by atoms with Crippen LogP contribution in [0.3, 0.4) is 0 Å². The number of carbonyl (C=O) groups excluding carboxylic acids is 1. The average Bonchev–Trinajstić information content (AvgIpc) is 2.68. The molecule has 5 nitrogen and oxygen atoms in total. The number of urea groups is 1. The Bertz CT molecular complexity index is 1020. The number of benzene rings is 2. The lowest BCUT2D eigenvalue weighted by Crippen LogP contribution is -2.20. The predicted octanol–water partition coefficient (Wildman–Crippen LogP) is 6.56. The van der Waals surface area contributed by atoms with Gasteiger partial charge in [0.05, 0.1) is 11.1 Å². The number of pyridine rings is 1. The highest BCUT2D eigenvalue weighted by Gasteiger charge is 2.37. The Kier molecular flexibility index (Phi) is 6.04. The van der Waals surface area contributed by atoms with Crippen LogP contribution in [0.4, 0.5) is 42.5 Å². The first-order valence-corrected chi connectivity index (χ1v) is 8.56. The summed E-state index contributed by atoms with van der Waals surface area (Å²) in [6.07, 6.45) is -6.96. The van der Waals surface area contributed by atoms with Gasteiger partial charge in [0.2, 0.25) is 0 Å². The number of carbonyl (C=O) groups is 1. The highest BCUT2D eigenvalue weighted by Crippen LogP contribution is 2.37. The van der Waals surface area contributed by atoms with Crippen molar-refractivity contribution >= 4 is 17.4 Å². The van der Waals surface area contributed by atoms with Crippen molar-refractivity contribution in [2.24, 2.45) is 0 Å². The quantitative estimate of drug-likeness (QED) is 0.451. The molecule has 0 bridgehead atoms. The SMILES string of the molecule is O=C(Nc1ccc(Oc2ccncc2)cc1)Nc1cc(C(F)(F)F)cc(C(F)(F)F)c1. The van der Waals surface area contributed by atoms with E-state index in [1.807, 2.05) is 5.32 Å². The minimum atomic E-state index is -5.02. The summed E-state index contributed by atoms with van der Waals surface area (Å²) in [5, 5.41) is 4.30. The van der Waals surface area contributed by atoms with Gasteiger partial charge < -0.3 is 15.4 Å². The van der Waals surface area contributed by atoms with Gasteiger partial charge in [-0.05, 0) is 54.6 Å². The summed E-state index contributed by atoms with van der Waals surface area (Å²) in [4.78, 5) is 15.9. The molecule has 0 aliphatic heterocycles. The number of aromatic nitrogens is 1. The molecule has 0 saturated carbocycles. The first kappa shape index (κ1) is 21.9. The lowest BCUT2D eigenvalue weighted by atomic mass is 10.1. The van der Waals surface area contributed by atoms with E-state index in [9.17, 15) is 31.1 Å². The molecule has 0 aliphatic carbocycles. The fraction of sp³-hybridized carbons (Fsp3) is 0.100. The molecular weight excluding hydrogens is 428 g/mol. The molecule has 0 fully saturated rings. The molecule has 3 rings (SSSR count). The van der Waals surface area contributed by atoms with Crippen molar-refractivity contribution in [3.8, 4) is 11.5 Å². The molecule has 31 heavy (non-hydrogen) atoms. The summed E-state index contributed by atoms with van der Waals surface area (Å²) in [6, 6.07) is 8.98. The second kappa shape index (κ2) is 8.54. The van der Waals surface area contributed by atoms with Gasteiger partial charge in [0.25, 0.3) is 0 Å². The lowest BCUT2D eigenvalue weighted by molar-refractivity contribution is -0.143. The molecule has 2 amide bonds. The molecule has 0 atom stereocenters. The Hall–Kier alpha value is -3.76. The van der Waals surface area contributed by atoms with Crippen LogP contribution in [0.15, 0.2) is 67.0 Å². The van der Waals surface area contributed by atoms with Crippen molar-refractivity contribution in [2.45, 2.75) is 12.4 Å². The third-order valence-corrected chi connectivity index (χ3v) is 3.84. The van der Waals surface area contributed by atoms with Gasteiger partial charge >= 0.3 is 18.4 Å². The first-order valence-electron chi connectivity index (χ1n) is 8.56. The van der Waals surface area contributed by atoms with E-state index >= 15 is 0 Å². The van der Waals surface area contributed by atoms with Crippen molar-refractivity contribution < 1.29 is 35.9 Å². The number of rotatable bonds is 4. The van der Waals surface area contributed by atoms with E-state index in [-0.39, 0.29) is 11.8 Å². The van der Waals surface area contributed by atoms with Gasteiger partial charge in [0.15, 0.2) is 0 Å². The van der Waals surface area contributed by atoms with Crippen LogP contribution in [0.25, 0.3) is 0 Å². The maximum absolute atomic E-state index is 12.9. The number of amides is 2. The Labute approximate surface area is 171 Å². The van der Waals surface area contributed by atoms with E-state index in [0.29, 0.717) is 23.6 Å². The third kappa shape index (κ3) is 6.11. The molecule has 162 valence electrons. The summed E-state index contributed by atoms with van der Waals surface area (Å²) in [5.41, 5.74) is -3.48. The highest BCUT2D eigenvalue weighted by molar-refractivity contribution is 5.99. The largest absolute Gasteiger partial charge is 0.457 e. The van der Waals surface area contributed by atoms with Crippen LogP contribution in [0.2, 0.25) is 0 Å². The molecule has 3 aromatic rings. The number of nitrogens with one attached hydrogen (secondary N) is 2. The van der Waals surface area contributed by atoms with Crippen molar-refractivity contribution in [3.05, 3.63) is 78.1 Å². The molecule has 1 aromatic heterocycles. The Balaban J connectivity index is 1.70. The van der Waals surface area contributed by atoms with Crippen molar-refractivity contribution in [1.29, 1.82) is 0 Å². The van der Waals surface area contributed by atoms with Crippen LogP contribution in [-0.2, 0) is 12.4 Å². The minimum absolute atomic E-state index is 0.0232. The molecular formula is C20H13F6N3O2. The van der Waals surface area contributed by atoms with E-state index in [1.165, 1.54) is 36.7 Å². The van der Waals surface area contributed by atoms with E-state index in [1.54, 1.807) is 12.1 Å². The highest BCUT2D eigenvalue weighted by atomic mass is 19.4. The smallest absolute Gasteiger partial charge is 0.416 e. The van der Waals surface area contributed by atoms with Gasteiger partial charge in [-0.25, -0.2) is 4.79 Å². The predicted molar refractivity (Wildman–Crippen MR) is 99.8 cm³/mol. The number of hydrogen-bond acceptors (Lipinski definition) is 3. The number of hydrogen-bond donors (Lipinski definition) is 2. The van der Waals surface area contributed by atoms with Gasteiger partial charge in [-0.15, -0.1) is 0 Å². The lowest BCUT2D eigenvalue weighted by Gasteiger charge is -2.15. The Morgan fingerprint density at radius 3 is 1.71 bits per heavy atom. The summed E-state index contributed by atoms with van der Waals surface area (Å²) < 4.78 is 83.0. The van der Waals surface area contributed by atoms with Gasteiger partial charge in [0.1, 0.15) is 11.5 Å². The zero-order valence-corrected chi connectivity index (χ0v) is 15.4. The first-order chi connectivity index (χ1) is 14.5. The molecule has 0 radical (unpaired) electrons. The summed E-state index contributed by atoms with van der Waals surface area (Å²) in [7, 11) is 0. The molecule has 2 N–H and O–H groups in total. The molecule has 2 aromatic carbocycles. The van der Waals surface area contributed by atoms with E-state index in [2.05, 4.69) is 10.3 Å². The van der Waals surface area contributed by atoms with Gasteiger partial charge in [0, 0.05) is 23.8 Å². The number of alkyl halides is 6. The van der Waals surface area contributed by atoms with Gasteiger partial charge in [-0.1, -0.05) is 0 Å². The molecule has 11 heteroatoms. The van der Waals surface area contributed by atoms with Crippen LogP contribution in [0.1, 0.15) is 11.1 Å². The standard InChI is InChI=1S/C20H13F6N3O2/c21-19(22,23)12-9-13(20(24,25)26)11-15(10-12)29-18(30)28-14-1-3-16(4-2-14)31-17-5-7-27-8-6-17/h1-11H,(H2,28,29,30). The fourth-order valence-electron chi connectivity index (χ4n) is 2.47. The summed E-state index contributed by atoms with van der Waals surface area (Å²) >= 11 is 0. The minimum Gasteiger partial charge on any atom is -0.457 e. The van der Waals surface area contributed by atoms with Crippen LogP contribution in [0, 0.1) is 0 Å². The number of ether oxygens (including phenoxy) is 1. The normalized spacial score (nSPS) is 11.7. The number of nitrogens with zero attached hydrogens (tertiary/aromatic N) is 1. The topological polar surface area (TPSA) is 63.2 Å². The summed E-state index contributed by atoms with van der Waals surface area (Å²) in [5.74, 6) is 0.961. The zero-order valence-electron chi connectivity index (χ0n) is 15.4. The third-order valence-electron chi connectivity index (χ3n) is 3.84. The van der Waals surface area contributed by atoms with Crippen LogP contribution in [0.5, 0.6) is 11.5 Å². The Morgan fingerprint density at radius 1 is 0.710 bits per heavy atom. The number of halogens is 6. The molecule has 1 heterocycles. The molecule has 0 saturated heterocycles. The fourth-order valence-corrected chi connectivity index (χ4v) is 2.47. The monoisotopic (exact) mass is 441 g/mol. The zero-order chi connectivity index (χ0) is 22.6. The second-order valence-electron chi connectivity index (χ2n) is 6.18. The van der Waals surface area contributed by atoms with Crippen molar-refractivity contribution in [3.63, 3.8) is 0 Å². The van der Waals surface area contributed by atoms with Crippen molar-refractivity contribution in [2.75, 3.05) is 10.6 Å². The second-order valence-corrected chi connectivity index (χ2v) is 6.18. The van der Waals surface area contributed by atoms with E-state index in [0.717, 1.165) is 0 Å². The van der Waals surface area contributed by atoms with Gasteiger partial charge in [-0.2, -0.15) is 26.3 Å². The summed E-state index contributed by atoms with van der Waals surface area (Å²) in [6.45, 7) is 0. The molecule has 0 aliphatic rings. The van der Waals surface area contributed by atoms with E-state index < -0.39 is 35.2 Å². The maximum atomic E-state index is 12.9. The molecule has 0 spiro atoms. The van der Waals surface area contributed by atoms with Crippen LogP contribution >= 0.6 is 0 Å².